The van der Waals surface area contributed by atoms with Crippen LogP contribution in [0.15, 0.2) is 40.6 Å². The Morgan fingerprint density at radius 2 is 1.23 bits per heavy atom. The molecule has 0 heterocycles. The number of azo groups is 1. The van der Waals surface area contributed by atoms with Gasteiger partial charge in [-0.05, 0) is 60.7 Å². The third-order valence-electron chi connectivity index (χ3n) is 3.55. The Bertz CT molecular complexity index is 730. The minimum absolute atomic E-state index is 0.171. The van der Waals surface area contributed by atoms with Crippen molar-refractivity contribution < 1.29 is 10.2 Å². The molecule has 144 valence electrons. The van der Waals surface area contributed by atoms with Crippen molar-refractivity contribution in [2.45, 2.75) is 67.7 Å². The lowest BCUT2D eigenvalue weighted by Gasteiger charge is -2.21. The van der Waals surface area contributed by atoms with E-state index in [2.05, 4.69) is 10.2 Å². The summed E-state index contributed by atoms with van der Waals surface area (Å²) in [4.78, 5) is 0. The first-order valence-corrected chi connectivity index (χ1v) is 9.24. The van der Waals surface area contributed by atoms with E-state index in [0.29, 0.717) is 17.1 Å². The molecule has 0 saturated carbocycles. The molecule has 26 heavy (non-hydrogen) atoms. The molecule has 0 unspecified atom stereocenters. The fraction of sp³-hybridized carbons (Fsp3) is 0.455. The van der Waals surface area contributed by atoms with Gasteiger partial charge >= 0.3 is 0 Å². The van der Waals surface area contributed by atoms with Crippen molar-refractivity contribution in [3.05, 3.63) is 47.0 Å². The topological polar surface area (TPSA) is 65.2 Å². The second-order valence-corrected chi connectivity index (χ2v) is 6.58. The lowest BCUT2D eigenvalue weighted by molar-refractivity contribution is 0.443. The van der Waals surface area contributed by atoms with Crippen molar-refractivity contribution in [2.24, 2.45) is 10.2 Å². The Balaban J connectivity index is 0.00000146. The summed E-state index contributed by atoms with van der Waals surface area (Å²) in [5.74, 6) is 0.557. The van der Waals surface area contributed by atoms with E-state index in [0.717, 1.165) is 16.7 Å². The van der Waals surface area contributed by atoms with E-state index < -0.39 is 0 Å². The number of hydrogen-bond donors (Lipinski definition) is 2. The van der Waals surface area contributed by atoms with Crippen LogP contribution >= 0.6 is 0 Å². The summed E-state index contributed by atoms with van der Waals surface area (Å²) in [6, 6.07) is 8.76. The monoisotopic (exact) mass is 358 g/mol. The van der Waals surface area contributed by atoms with Gasteiger partial charge in [0.2, 0.25) is 0 Å². The maximum atomic E-state index is 10.2. The molecule has 0 radical (unpaired) electrons. The van der Waals surface area contributed by atoms with Crippen LogP contribution in [0.5, 0.6) is 11.5 Å². The lowest BCUT2D eigenvalue weighted by atomic mass is 9.85. The Labute approximate surface area is 158 Å². The molecule has 0 fully saturated rings. The van der Waals surface area contributed by atoms with Crippen LogP contribution in [0, 0.1) is 13.8 Å². The van der Waals surface area contributed by atoms with Gasteiger partial charge in [-0.2, -0.15) is 10.2 Å². The van der Waals surface area contributed by atoms with Gasteiger partial charge in [-0.1, -0.05) is 48.5 Å². The van der Waals surface area contributed by atoms with Crippen LogP contribution in [0.1, 0.15) is 65.2 Å². The van der Waals surface area contributed by atoms with E-state index in [4.69, 9.17) is 0 Å². The fourth-order valence-corrected chi connectivity index (χ4v) is 2.21. The van der Waals surface area contributed by atoms with Crippen molar-refractivity contribution >= 4 is 11.4 Å². The van der Waals surface area contributed by atoms with Crippen molar-refractivity contribution in [2.75, 3.05) is 0 Å². The SMILES string of the molecule is CC.CC.Cc1cc(N=Nc2cc(C)c(O)c(C(C)(C)C)c2)ccc1O. The minimum Gasteiger partial charge on any atom is -0.508 e. The highest BCUT2D eigenvalue weighted by Gasteiger charge is 2.20. The molecule has 0 atom stereocenters. The average molecular weight is 359 g/mol. The molecule has 0 spiro atoms. The Hall–Kier alpha value is -2.36. The van der Waals surface area contributed by atoms with Gasteiger partial charge in [0.15, 0.2) is 0 Å². The molecule has 0 aromatic heterocycles. The van der Waals surface area contributed by atoms with Gasteiger partial charge < -0.3 is 10.2 Å². The van der Waals surface area contributed by atoms with Crippen molar-refractivity contribution in [3.8, 4) is 11.5 Å². The smallest absolute Gasteiger partial charge is 0.122 e. The third-order valence-corrected chi connectivity index (χ3v) is 3.55. The molecule has 0 aliphatic heterocycles. The van der Waals surface area contributed by atoms with Crippen LogP contribution in [-0.4, -0.2) is 10.2 Å². The maximum absolute atomic E-state index is 10.2. The molecule has 2 aromatic rings. The first kappa shape index (κ1) is 23.6. The molecule has 2 aromatic carbocycles. The highest BCUT2D eigenvalue weighted by atomic mass is 16.3. The second-order valence-electron chi connectivity index (χ2n) is 6.58. The molecule has 2 N–H and O–H groups in total. The predicted octanol–water partition coefficient (Wildman–Crippen LogP) is 7.48. The normalized spacial score (nSPS) is 10.7. The van der Waals surface area contributed by atoms with E-state index >= 15 is 0 Å². The van der Waals surface area contributed by atoms with E-state index in [1.165, 1.54) is 0 Å². The highest BCUT2D eigenvalue weighted by molar-refractivity contribution is 5.54. The van der Waals surface area contributed by atoms with Crippen molar-refractivity contribution in [3.63, 3.8) is 0 Å². The van der Waals surface area contributed by atoms with Gasteiger partial charge in [-0.3, -0.25) is 0 Å². The largest absolute Gasteiger partial charge is 0.508 e. The van der Waals surface area contributed by atoms with Crippen LogP contribution in [0.2, 0.25) is 0 Å². The fourth-order valence-electron chi connectivity index (χ4n) is 2.21. The molecule has 4 heteroatoms. The zero-order chi connectivity index (χ0) is 20.5. The van der Waals surface area contributed by atoms with E-state index in [1.54, 1.807) is 24.3 Å². The van der Waals surface area contributed by atoms with Crippen LogP contribution in [-0.2, 0) is 5.41 Å². The second kappa shape index (κ2) is 10.6. The number of benzene rings is 2. The molecular formula is C22H34N2O2. The first-order chi connectivity index (χ1) is 12.2. The Morgan fingerprint density at radius 1 is 0.731 bits per heavy atom. The quantitative estimate of drug-likeness (QED) is 0.546. The highest BCUT2D eigenvalue weighted by Crippen LogP contribution is 2.36. The van der Waals surface area contributed by atoms with Crippen LogP contribution in [0.25, 0.3) is 0 Å². The third kappa shape index (κ3) is 6.51. The Morgan fingerprint density at radius 3 is 1.73 bits per heavy atom. The summed E-state index contributed by atoms with van der Waals surface area (Å²) in [6.07, 6.45) is 0. The number of hydrogen-bond acceptors (Lipinski definition) is 4. The van der Waals surface area contributed by atoms with Crippen LogP contribution in [0.3, 0.4) is 0 Å². The molecule has 4 nitrogen and oxygen atoms in total. The van der Waals surface area contributed by atoms with Gasteiger partial charge in [-0.25, -0.2) is 0 Å². The number of phenols is 2. The summed E-state index contributed by atoms with van der Waals surface area (Å²) in [5.41, 5.74) is 3.60. The number of aryl methyl sites for hydroxylation is 2. The van der Waals surface area contributed by atoms with Crippen LogP contribution in [0.4, 0.5) is 11.4 Å². The van der Waals surface area contributed by atoms with E-state index in [9.17, 15) is 10.2 Å². The molecule has 0 amide bonds. The van der Waals surface area contributed by atoms with Gasteiger partial charge in [0, 0.05) is 5.56 Å². The average Bonchev–Trinajstić information content (AvgIpc) is 2.61. The van der Waals surface area contributed by atoms with Crippen molar-refractivity contribution in [1.29, 1.82) is 0 Å². The van der Waals surface area contributed by atoms with Crippen LogP contribution < -0.4 is 0 Å². The standard InChI is InChI=1S/C18H22N2O2.2C2H6/c1-11-8-13(6-7-16(11)21)19-20-14-9-12(2)17(22)15(10-14)18(3,4)5;2*1-2/h6-10,21-22H,1-5H3;2*1-2H3. The molecule has 0 bridgehead atoms. The van der Waals surface area contributed by atoms with E-state index in [1.807, 2.05) is 68.4 Å². The summed E-state index contributed by atoms with van der Waals surface area (Å²) >= 11 is 0. The zero-order valence-electron chi connectivity index (χ0n) is 17.7. The maximum Gasteiger partial charge on any atom is 0.122 e. The summed E-state index contributed by atoms with van der Waals surface area (Å²) in [5, 5.41) is 28.2. The molecule has 0 aliphatic carbocycles. The van der Waals surface area contributed by atoms with Gasteiger partial charge in [0.25, 0.3) is 0 Å². The summed E-state index contributed by atoms with van der Waals surface area (Å²) < 4.78 is 0. The van der Waals surface area contributed by atoms with Gasteiger partial charge in [0.05, 0.1) is 11.4 Å². The molecular weight excluding hydrogens is 324 g/mol. The number of aromatic hydroxyl groups is 2. The summed E-state index contributed by atoms with van der Waals surface area (Å²) in [7, 11) is 0. The number of phenolic OH excluding ortho intramolecular Hbond substituents is 2. The van der Waals surface area contributed by atoms with E-state index in [-0.39, 0.29) is 11.2 Å². The number of rotatable bonds is 2. The molecule has 0 aliphatic rings. The Kier molecular flexibility index (Phi) is 9.63. The summed E-state index contributed by atoms with van der Waals surface area (Å²) in [6.45, 7) is 17.8. The van der Waals surface area contributed by atoms with Gasteiger partial charge in [0.1, 0.15) is 11.5 Å². The number of nitrogens with zero attached hydrogens (tertiary/aromatic N) is 2. The molecule has 0 saturated heterocycles. The lowest BCUT2D eigenvalue weighted by Crippen LogP contribution is -2.11. The molecule has 2 rings (SSSR count). The predicted molar refractivity (Wildman–Crippen MR) is 111 cm³/mol. The van der Waals surface area contributed by atoms with Gasteiger partial charge in [-0.15, -0.1) is 0 Å². The first-order valence-electron chi connectivity index (χ1n) is 9.24. The minimum atomic E-state index is -0.171. The van der Waals surface area contributed by atoms with Crippen molar-refractivity contribution in [1.82, 2.24) is 0 Å². The zero-order valence-corrected chi connectivity index (χ0v) is 17.7.